The van der Waals surface area contributed by atoms with Gasteiger partial charge in [-0.05, 0) is 111 Å². The summed E-state index contributed by atoms with van der Waals surface area (Å²) in [5.74, 6) is 7.66. The summed E-state index contributed by atoms with van der Waals surface area (Å²) in [5.41, 5.74) is 3.16. The van der Waals surface area contributed by atoms with Crippen molar-refractivity contribution in [2.75, 3.05) is 0 Å². The molecule has 1 saturated carbocycles. The maximum atomic E-state index is 15.1. The van der Waals surface area contributed by atoms with Gasteiger partial charge in [-0.2, -0.15) is 0 Å². The first kappa shape index (κ1) is 19.9. The van der Waals surface area contributed by atoms with Crippen molar-refractivity contribution in [3.63, 3.8) is 0 Å². The lowest BCUT2D eigenvalue weighted by Gasteiger charge is -2.36. The van der Waals surface area contributed by atoms with Crippen LogP contribution in [0.25, 0.3) is 0 Å². The molecule has 0 aliphatic heterocycles. The van der Waals surface area contributed by atoms with Crippen molar-refractivity contribution in [1.82, 2.24) is 0 Å². The fraction of sp³-hybridized carbons (Fsp3) is 0.407. The number of allylic oxidation sites excluding steroid dienone is 2. The maximum absolute atomic E-state index is 15.1. The van der Waals surface area contributed by atoms with Crippen LogP contribution < -0.4 is 0 Å². The Morgan fingerprint density at radius 2 is 1.62 bits per heavy atom. The molecular formula is C27H28F2. The average molecular weight is 391 g/mol. The first-order valence-corrected chi connectivity index (χ1v) is 10.8. The van der Waals surface area contributed by atoms with Gasteiger partial charge < -0.3 is 0 Å². The molecule has 0 aromatic heterocycles. The van der Waals surface area contributed by atoms with E-state index >= 15 is 4.39 Å². The summed E-state index contributed by atoms with van der Waals surface area (Å²) in [5, 5.41) is 0. The summed E-state index contributed by atoms with van der Waals surface area (Å²) in [6, 6.07) is 9.88. The minimum atomic E-state index is -0.291. The second-order valence-corrected chi connectivity index (χ2v) is 8.53. The van der Waals surface area contributed by atoms with Gasteiger partial charge in [-0.3, -0.25) is 0 Å². The Morgan fingerprint density at radius 1 is 0.862 bits per heavy atom. The summed E-state index contributed by atoms with van der Waals surface area (Å²) >= 11 is 0. The fourth-order valence-electron chi connectivity index (χ4n) is 5.09. The molecule has 29 heavy (non-hydrogen) atoms. The summed E-state index contributed by atoms with van der Waals surface area (Å²) in [7, 11) is 0. The fourth-order valence-corrected chi connectivity index (χ4v) is 5.09. The second-order valence-electron chi connectivity index (χ2n) is 8.53. The van der Waals surface area contributed by atoms with Crippen LogP contribution in [0.5, 0.6) is 0 Å². The van der Waals surface area contributed by atoms with E-state index in [9.17, 15) is 4.39 Å². The van der Waals surface area contributed by atoms with Crippen molar-refractivity contribution in [2.45, 2.75) is 51.9 Å². The highest BCUT2D eigenvalue weighted by molar-refractivity contribution is 5.47. The highest BCUT2D eigenvalue weighted by atomic mass is 19.1. The summed E-state index contributed by atoms with van der Waals surface area (Å²) in [4.78, 5) is 0. The third-order valence-corrected chi connectivity index (χ3v) is 6.72. The second kappa shape index (κ2) is 8.95. The summed E-state index contributed by atoms with van der Waals surface area (Å²) in [6.45, 7) is 2.11. The number of halogens is 2. The van der Waals surface area contributed by atoms with Crippen LogP contribution in [-0.4, -0.2) is 0 Å². The van der Waals surface area contributed by atoms with Crippen molar-refractivity contribution in [2.24, 2.45) is 17.8 Å². The zero-order valence-corrected chi connectivity index (χ0v) is 17.1. The zero-order chi connectivity index (χ0) is 20.2. The minimum absolute atomic E-state index is 0.160. The molecular weight excluding hydrogens is 362 g/mol. The molecule has 0 heterocycles. The van der Waals surface area contributed by atoms with Crippen LogP contribution in [0.1, 0.15) is 61.3 Å². The van der Waals surface area contributed by atoms with Gasteiger partial charge in [0.2, 0.25) is 0 Å². The van der Waals surface area contributed by atoms with Crippen LogP contribution in [0.3, 0.4) is 0 Å². The zero-order valence-electron chi connectivity index (χ0n) is 17.1. The van der Waals surface area contributed by atoms with Crippen molar-refractivity contribution < 1.29 is 8.78 Å². The molecule has 0 saturated heterocycles. The van der Waals surface area contributed by atoms with Gasteiger partial charge in [0.1, 0.15) is 11.6 Å². The molecule has 2 aliphatic rings. The topological polar surface area (TPSA) is 0 Å². The Kier molecular flexibility index (Phi) is 6.14. The molecule has 4 rings (SSSR count). The molecule has 0 N–H and O–H groups in total. The standard InChI is InChI=1S/C27H28F2/c1-2-3-19-4-9-21(10-5-19)23-14-17-26-24(18-23)13-12-22(27(26)29)11-6-20-7-15-25(28)16-8-20/h2-3,7-8,12-13,15-16,19,21,23H,4-5,9-10,14,17-18H2,1H3/b3-2+. The van der Waals surface area contributed by atoms with Crippen LogP contribution in [0.4, 0.5) is 8.78 Å². The van der Waals surface area contributed by atoms with Gasteiger partial charge in [0.05, 0.1) is 5.56 Å². The lowest BCUT2D eigenvalue weighted by molar-refractivity contribution is 0.205. The molecule has 2 aromatic carbocycles. The van der Waals surface area contributed by atoms with Gasteiger partial charge in [-0.25, -0.2) is 8.78 Å². The Morgan fingerprint density at radius 3 is 2.34 bits per heavy atom. The van der Waals surface area contributed by atoms with Crippen molar-refractivity contribution in [1.29, 1.82) is 0 Å². The van der Waals surface area contributed by atoms with E-state index in [-0.39, 0.29) is 11.6 Å². The summed E-state index contributed by atoms with van der Waals surface area (Å²) < 4.78 is 28.1. The van der Waals surface area contributed by atoms with E-state index in [0.29, 0.717) is 17.0 Å². The van der Waals surface area contributed by atoms with Crippen molar-refractivity contribution in [3.05, 3.63) is 82.4 Å². The number of benzene rings is 2. The first-order chi connectivity index (χ1) is 14.1. The molecule has 150 valence electrons. The molecule has 0 radical (unpaired) electrons. The monoisotopic (exact) mass is 390 g/mol. The van der Waals surface area contributed by atoms with E-state index in [1.54, 1.807) is 12.1 Å². The Balaban J connectivity index is 1.46. The van der Waals surface area contributed by atoms with Crippen LogP contribution in [0.15, 0.2) is 48.6 Å². The van der Waals surface area contributed by atoms with E-state index < -0.39 is 0 Å². The number of hydrogen-bond acceptors (Lipinski definition) is 0. The van der Waals surface area contributed by atoms with Gasteiger partial charge in [-0.1, -0.05) is 30.1 Å². The smallest absolute Gasteiger partial charge is 0.142 e. The largest absolute Gasteiger partial charge is 0.207 e. The number of hydrogen-bond donors (Lipinski definition) is 0. The number of rotatable bonds is 2. The molecule has 1 atom stereocenters. The molecule has 2 aliphatic carbocycles. The van der Waals surface area contributed by atoms with Gasteiger partial charge in [0, 0.05) is 5.56 Å². The molecule has 0 nitrogen and oxygen atoms in total. The third kappa shape index (κ3) is 4.61. The van der Waals surface area contributed by atoms with E-state index in [0.717, 1.165) is 36.7 Å². The molecule has 1 unspecified atom stereocenters. The molecule has 1 fully saturated rings. The van der Waals surface area contributed by atoms with Crippen LogP contribution in [0.2, 0.25) is 0 Å². The Labute approximate surface area is 173 Å². The van der Waals surface area contributed by atoms with Gasteiger partial charge in [0.25, 0.3) is 0 Å². The normalized spacial score (nSPS) is 24.0. The predicted molar refractivity (Wildman–Crippen MR) is 115 cm³/mol. The van der Waals surface area contributed by atoms with E-state index in [1.165, 1.54) is 43.4 Å². The van der Waals surface area contributed by atoms with Crippen LogP contribution in [0, 0.1) is 41.2 Å². The number of fused-ring (bicyclic) bond motifs is 1. The Hall–Kier alpha value is -2.40. The first-order valence-electron chi connectivity index (χ1n) is 10.8. The molecule has 2 heteroatoms. The SMILES string of the molecule is C/C=C/C1CCC(C2CCc3c(ccc(C#Cc4ccc(F)cc4)c3F)C2)CC1. The maximum Gasteiger partial charge on any atom is 0.142 e. The van der Waals surface area contributed by atoms with Gasteiger partial charge in [0.15, 0.2) is 0 Å². The third-order valence-electron chi connectivity index (χ3n) is 6.72. The van der Waals surface area contributed by atoms with E-state index in [1.807, 2.05) is 6.07 Å². The van der Waals surface area contributed by atoms with E-state index in [2.05, 4.69) is 37.0 Å². The van der Waals surface area contributed by atoms with Crippen LogP contribution in [-0.2, 0) is 12.8 Å². The lowest BCUT2D eigenvalue weighted by atomic mass is 9.69. The van der Waals surface area contributed by atoms with E-state index in [4.69, 9.17) is 0 Å². The van der Waals surface area contributed by atoms with Crippen molar-refractivity contribution >= 4 is 0 Å². The highest BCUT2D eigenvalue weighted by Crippen LogP contribution is 2.40. The minimum Gasteiger partial charge on any atom is -0.207 e. The van der Waals surface area contributed by atoms with Crippen molar-refractivity contribution in [3.8, 4) is 11.8 Å². The van der Waals surface area contributed by atoms with Gasteiger partial charge >= 0.3 is 0 Å². The highest BCUT2D eigenvalue weighted by Gasteiger charge is 2.30. The van der Waals surface area contributed by atoms with Crippen LogP contribution >= 0.6 is 0 Å². The molecule has 0 amide bonds. The lowest BCUT2D eigenvalue weighted by Crippen LogP contribution is -2.26. The summed E-state index contributed by atoms with van der Waals surface area (Å²) in [6.07, 6.45) is 12.6. The molecule has 0 spiro atoms. The average Bonchev–Trinajstić information content (AvgIpc) is 2.75. The predicted octanol–water partition coefficient (Wildman–Crippen LogP) is 6.85. The quantitative estimate of drug-likeness (QED) is 0.388. The molecule has 2 aromatic rings. The molecule has 0 bridgehead atoms. The Bertz CT molecular complexity index is 935. The van der Waals surface area contributed by atoms with Gasteiger partial charge in [-0.15, -0.1) is 0 Å².